The Morgan fingerprint density at radius 3 is 2.28 bits per heavy atom. The Bertz CT molecular complexity index is 571. The number of hydrogen-bond acceptors (Lipinski definition) is 3. The molecule has 0 saturated heterocycles. The third-order valence-electron chi connectivity index (χ3n) is 2.78. The van der Waals surface area contributed by atoms with Crippen molar-refractivity contribution in [2.45, 2.75) is 20.8 Å². The van der Waals surface area contributed by atoms with Crippen LogP contribution < -0.4 is 11.1 Å². The maximum absolute atomic E-state index is 5.68. The van der Waals surface area contributed by atoms with E-state index >= 15 is 0 Å². The predicted molar refractivity (Wildman–Crippen MR) is 80.3 cm³/mol. The van der Waals surface area contributed by atoms with Gasteiger partial charge in [-0.1, -0.05) is 17.7 Å². The van der Waals surface area contributed by atoms with E-state index in [0.29, 0.717) is 5.69 Å². The van der Waals surface area contributed by atoms with Gasteiger partial charge in [0.05, 0.1) is 16.4 Å². The zero-order valence-corrected chi connectivity index (χ0v) is 12.3. The molecule has 0 fully saturated rings. The van der Waals surface area contributed by atoms with Crippen LogP contribution in [0.15, 0.2) is 28.9 Å². The van der Waals surface area contributed by atoms with E-state index in [1.165, 1.54) is 16.7 Å². The first kappa shape index (κ1) is 12.9. The first-order valence-electron chi connectivity index (χ1n) is 5.73. The summed E-state index contributed by atoms with van der Waals surface area (Å²) in [6.45, 7) is 6.28. The highest BCUT2D eigenvalue weighted by molar-refractivity contribution is 9.10. The Balaban J connectivity index is 2.40. The van der Waals surface area contributed by atoms with Crippen molar-refractivity contribution < 1.29 is 0 Å². The number of aromatic nitrogens is 1. The Hall–Kier alpha value is -1.55. The van der Waals surface area contributed by atoms with Crippen molar-refractivity contribution in [1.82, 2.24) is 4.98 Å². The molecule has 94 valence electrons. The lowest BCUT2D eigenvalue weighted by atomic mass is 10.1. The van der Waals surface area contributed by atoms with Crippen LogP contribution in [-0.2, 0) is 0 Å². The zero-order valence-electron chi connectivity index (χ0n) is 10.7. The zero-order chi connectivity index (χ0) is 13.3. The molecule has 0 bridgehead atoms. The summed E-state index contributed by atoms with van der Waals surface area (Å²) < 4.78 is 0.863. The molecule has 4 heteroatoms. The second-order valence-electron chi connectivity index (χ2n) is 4.50. The Kier molecular flexibility index (Phi) is 3.57. The minimum Gasteiger partial charge on any atom is -0.397 e. The first-order valence-corrected chi connectivity index (χ1v) is 6.52. The highest BCUT2D eigenvalue weighted by Gasteiger charge is 2.07. The van der Waals surface area contributed by atoms with Gasteiger partial charge in [0.15, 0.2) is 0 Å². The number of anilines is 3. The van der Waals surface area contributed by atoms with Crippen molar-refractivity contribution in [3.8, 4) is 0 Å². The lowest BCUT2D eigenvalue weighted by Crippen LogP contribution is -2.00. The van der Waals surface area contributed by atoms with Gasteiger partial charge in [-0.25, -0.2) is 4.98 Å². The molecule has 0 aliphatic rings. The highest BCUT2D eigenvalue weighted by Crippen LogP contribution is 2.29. The summed E-state index contributed by atoms with van der Waals surface area (Å²) in [6.07, 6.45) is 1.64. The van der Waals surface area contributed by atoms with Gasteiger partial charge in [-0.05, 0) is 53.9 Å². The maximum atomic E-state index is 5.68. The van der Waals surface area contributed by atoms with Crippen LogP contribution in [0.2, 0.25) is 0 Å². The number of hydrogen-bond donors (Lipinski definition) is 2. The lowest BCUT2D eigenvalue weighted by Gasteiger charge is -2.14. The van der Waals surface area contributed by atoms with Gasteiger partial charge in [-0.3, -0.25) is 0 Å². The average Bonchev–Trinajstić information content (AvgIpc) is 2.25. The van der Waals surface area contributed by atoms with Crippen LogP contribution in [0, 0.1) is 20.8 Å². The van der Waals surface area contributed by atoms with Crippen LogP contribution >= 0.6 is 15.9 Å². The van der Waals surface area contributed by atoms with Gasteiger partial charge >= 0.3 is 0 Å². The van der Waals surface area contributed by atoms with Crippen LogP contribution in [0.3, 0.4) is 0 Å². The molecule has 1 heterocycles. The van der Waals surface area contributed by atoms with E-state index in [9.17, 15) is 0 Å². The molecule has 3 nitrogen and oxygen atoms in total. The minimum absolute atomic E-state index is 0.643. The summed E-state index contributed by atoms with van der Waals surface area (Å²) in [7, 11) is 0. The summed E-state index contributed by atoms with van der Waals surface area (Å²) in [6, 6.07) is 6.15. The van der Waals surface area contributed by atoms with Gasteiger partial charge in [0, 0.05) is 5.69 Å². The van der Waals surface area contributed by atoms with Crippen LogP contribution in [0.1, 0.15) is 16.7 Å². The van der Waals surface area contributed by atoms with Gasteiger partial charge in [0.25, 0.3) is 0 Å². The summed E-state index contributed by atoms with van der Waals surface area (Å²) in [5.74, 6) is 0.777. The molecule has 1 aromatic heterocycles. The van der Waals surface area contributed by atoms with Gasteiger partial charge in [-0.15, -0.1) is 0 Å². The second-order valence-corrected chi connectivity index (χ2v) is 5.35. The van der Waals surface area contributed by atoms with E-state index in [1.807, 2.05) is 6.07 Å². The molecule has 18 heavy (non-hydrogen) atoms. The SMILES string of the molecule is Cc1cc(C)c(Nc2ncc(N)cc2Br)c(C)c1. The van der Waals surface area contributed by atoms with Crippen LogP contribution in [0.25, 0.3) is 0 Å². The highest BCUT2D eigenvalue weighted by atomic mass is 79.9. The van der Waals surface area contributed by atoms with Crippen molar-refractivity contribution in [2.75, 3.05) is 11.1 Å². The second kappa shape index (κ2) is 4.98. The maximum Gasteiger partial charge on any atom is 0.144 e. The van der Waals surface area contributed by atoms with Crippen molar-refractivity contribution in [1.29, 1.82) is 0 Å². The van der Waals surface area contributed by atoms with E-state index in [4.69, 9.17) is 5.73 Å². The van der Waals surface area contributed by atoms with E-state index in [0.717, 1.165) is 16.0 Å². The number of rotatable bonds is 2. The van der Waals surface area contributed by atoms with Crippen molar-refractivity contribution in [3.63, 3.8) is 0 Å². The molecule has 0 spiro atoms. The molecular weight excluding hydrogens is 290 g/mol. The number of nitrogens with one attached hydrogen (secondary N) is 1. The third kappa shape index (κ3) is 2.64. The number of aryl methyl sites for hydroxylation is 3. The summed E-state index contributed by atoms with van der Waals surface area (Å²) >= 11 is 3.46. The summed E-state index contributed by atoms with van der Waals surface area (Å²) in [5, 5.41) is 3.35. The molecule has 2 rings (SSSR count). The number of nitrogens with two attached hydrogens (primary N) is 1. The number of halogens is 1. The van der Waals surface area contributed by atoms with Gasteiger partial charge in [0.2, 0.25) is 0 Å². The molecule has 0 aliphatic carbocycles. The Morgan fingerprint density at radius 1 is 1.11 bits per heavy atom. The predicted octanol–water partition coefficient (Wildman–Crippen LogP) is 4.10. The fraction of sp³-hybridized carbons (Fsp3) is 0.214. The molecule has 0 atom stereocenters. The molecular formula is C14H16BrN3. The quantitative estimate of drug-likeness (QED) is 0.878. The molecule has 0 unspecified atom stereocenters. The molecule has 3 N–H and O–H groups in total. The van der Waals surface area contributed by atoms with E-state index in [2.05, 4.69) is 59.1 Å². The van der Waals surface area contributed by atoms with Gasteiger partial charge < -0.3 is 11.1 Å². The van der Waals surface area contributed by atoms with Crippen LogP contribution in [0.5, 0.6) is 0 Å². The van der Waals surface area contributed by atoms with Crippen molar-refractivity contribution in [3.05, 3.63) is 45.6 Å². The Labute approximate surface area is 116 Å². The molecule has 0 amide bonds. The van der Waals surface area contributed by atoms with E-state index in [-0.39, 0.29) is 0 Å². The Morgan fingerprint density at radius 2 is 1.72 bits per heavy atom. The molecule has 0 radical (unpaired) electrons. The standard InChI is InChI=1S/C14H16BrN3/c1-8-4-9(2)13(10(3)5-8)18-14-12(15)6-11(16)7-17-14/h4-7H,16H2,1-3H3,(H,17,18). The molecule has 1 aromatic carbocycles. The fourth-order valence-corrected chi connectivity index (χ4v) is 2.51. The fourth-order valence-electron chi connectivity index (χ4n) is 2.04. The normalized spacial score (nSPS) is 10.4. The van der Waals surface area contributed by atoms with Crippen LogP contribution in [-0.4, -0.2) is 4.98 Å². The lowest BCUT2D eigenvalue weighted by molar-refractivity contribution is 1.25. The summed E-state index contributed by atoms with van der Waals surface area (Å²) in [5.41, 5.74) is 11.1. The first-order chi connectivity index (χ1) is 8.47. The molecule has 0 saturated carbocycles. The number of pyridine rings is 1. The molecule has 0 aliphatic heterocycles. The largest absolute Gasteiger partial charge is 0.397 e. The topological polar surface area (TPSA) is 50.9 Å². The third-order valence-corrected chi connectivity index (χ3v) is 3.39. The number of nitrogens with zero attached hydrogens (tertiary/aromatic N) is 1. The van der Waals surface area contributed by atoms with Crippen LogP contribution in [0.4, 0.5) is 17.2 Å². The smallest absolute Gasteiger partial charge is 0.144 e. The van der Waals surface area contributed by atoms with Gasteiger partial charge in [-0.2, -0.15) is 0 Å². The van der Waals surface area contributed by atoms with Crippen molar-refractivity contribution >= 4 is 33.1 Å². The summed E-state index contributed by atoms with van der Waals surface area (Å²) in [4.78, 5) is 4.29. The average molecular weight is 306 g/mol. The van der Waals surface area contributed by atoms with E-state index in [1.54, 1.807) is 6.20 Å². The van der Waals surface area contributed by atoms with Crippen molar-refractivity contribution in [2.24, 2.45) is 0 Å². The molecule has 2 aromatic rings. The van der Waals surface area contributed by atoms with Gasteiger partial charge in [0.1, 0.15) is 5.82 Å². The number of nitrogen functional groups attached to an aromatic ring is 1. The monoisotopic (exact) mass is 305 g/mol. The van der Waals surface area contributed by atoms with E-state index < -0.39 is 0 Å². The number of benzene rings is 1. The minimum atomic E-state index is 0.643.